The Labute approximate surface area is 104 Å². The highest BCUT2D eigenvalue weighted by Gasteiger charge is 2.25. The molecular formula is C15H23NO. The van der Waals surface area contributed by atoms with Gasteiger partial charge in [0.2, 0.25) is 0 Å². The number of aromatic hydroxyl groups is 1. The second-order valence-corrected chi connectivity index (χ2v) is 5.60. The third-order valence-electron chi connectivity index (χ3n) is 3.76. The maximum absolute atomic E-state index is 9.48. The molecule has 0 saturated carbocycles. The van der Waals surface area contributed by atoms with Crippen LogP contribution in [0.2, 0.25) is 0 Å². The highest BCUT2D eigenvalue weighted by molar-refractivity contribution is 5.40. The number of fused-ring (bicyclic) bond motifs is 1. The van der Waals surface area contributed by atoms with Crippen molar-refractivity contribution >= 4 is 0 Å². The van der Waals surface area contributed by atoms with Crippen molar-refractivity contribution < 1.29 is 5.11 Å². The van der Waals surface area contributed by atoms with E-state index in [2.05, 4.69) is 31.9 Å². The summed E-state index contributed by atoms with van der Waals surface area (Å²) in [5.74, 6) is 1.16. The zero-order valence-electron chi connectivity index (χ0n) is 11.1. The maximum Gasteiger partial charge on any atom is 0.115 e. The quantitative estimate of drug-likeness (QED) is 0.862. The van der Waals surface area contributed by atoms with E-state index in [1.807, 2.05) is 12.1 Å². The van der Waals surface area contributed by atoms with Crippen molar-refractivity contribution in [3.63, 3.8) is 0 Å². The van der Waals surface area contributed by atoms with Gasteiger partial charge in [0.05, 0.1) is 0 Å². The van der Waals surface area contributed by atoms with Crippen LogP contribution in [0.3, 0.4) is 0 Å². The van der Waals surface area contributed by atoms with E-state index in [1.165, 1.54) is 24.0 Å². The number of nitrogens with zero attached hydrogens (tertiary/aromatic N) is 1. The van der Waals surface area contributed by atoms with Crippen molar-refractivity contribution in [3.8, 4) is 5.75 Å². The van der Waals surface area contributed by atoms with E-state index in [1.54, 1.807) is 0 Å². The molecule has 1 aliphatic rings. The molecule has 2 rings (SSSR count). The molecule has 2 heteroatoms. The highest BCUT2D eigenvalue weighted by Crippen LogP contribution is 2.36. The fourth-order valence-electron chi connectivity index (χ4n) is 2.66. The normalized spacial score (nSPS) is 19.0. The number of benzene rings is 1. The molecule has 1 aromatic carbocycles. The van der Waals surface area contributed by atoms with Crippen LogP contribution >= 0.6 is 0 Å². The standard InChI is InChI=1S/C15H23NO/c1-11(2)8-9-16(3)15-7-4-12-10-13(17)5-6-14(12)15/h5-6,10-11,15,17H,4,7-9H2,1-3H3. The summed E-state index contributed by atoms with van der Waals surface area (Å²) in [7, 11) is 2.22. The summed E-state index contributed by atoms with van der Waals surface area (Å²) in [6, 6.07) is 6.37. The van der Waals surface area contributed by atoms with Gasteiger partial charge in [-0.1, -0.05) is 19.9 Å². The molecule has 0 aromatic heterocycles. The molecule has 0 saturated heterocycles. The Kier molecular flexibility index (Phi) is 3.72. The second-order valence-electron chi connectivity index (χ2n) is 5.60. The Hall–Kier alpha value is -1.02. The number of hydrogen-bond donors (Lipinski definition) is 1. The first-order chi connectivity index (χ1) is 8.08. The average Bonchev–Trinajstić information content (AvgIpc) is 2.68. The van der Waals surface area contributed by atoms with E-state index in [9.17, 15) is 5.11 Å². The molecule has 0 radical (unpaired) electrons. The smallest absolute Gasteiger partial charge is 0.115 e. The minimum absolute atomic E-state index is 0.397. The Balaban J connectivity index is 2.06. The molecule has 0 spiro atoms. The van der Waals surface area contributed by atoms with Crippen LogP contribution in [0, 0.1) is 5.92 Å². The number of phenolic OH excluding ortho intramolecular Hbond substituents is 1. The SMILES string of the molecule is CC(C)CCN(C)C1CCc2cc(O)ccc21. The minimum atomic E-state index is 0.397. The molecule has 1 aromatic rings. The third-order valence-corrected chi connectivity index (χ3v) is 3.76. The maximum atomic E-state index is 9.48. The topological polar surface area (TPSA) is 23.5 Å². The minimum Gasteiger partial charge on any atom is -0.508 e. The molecule has 0 fully saturated rings. The van der Waals surface area contributed by atoms with Crippen molar-refractivity contribution in [2.24, 2.45) is 5.92 Å². The van der Waals surface area contributed by atoms with Crippen LogP contribution in [0.15, 0.2) is 18.2 Å². The van der Waals surface area contributed by atoms with Gasteiger partial charge < -0.3 is 5.11 Å². The van der Waals surface area contributed by atoms with Gasteiger partial charge in [0.1, 0.15) is 5.75 Å². The van der Waals surface area contributed by atoms with E-state index in [0.29, 0.717) is 11.8 Å². The molecule has 2 nitrogen and oxygen atoms in total. The van der Waals surface area contributed by atoms with Gasteiger partial charge in [0, 0.05) is 6.04 Å². The lowest BCUT2D eigenvalue weighted by Crippen LogP contribution is -2.24. The molecule has 0 aliphatic heterocycles. The lowest BCUT2D eigenvalue weighted by Gasteiger charge is -2.26. The van der Waals surface area contributed by atoms with E-state index >= 15 is 0 Å². The van der Waals surface area contributed by atoms with Gasteiger partial charge in [-0.05, 0) is 62.0 Å². The Bertz CT molecular complexity index is 387. The van der Waals surface area contributed by atoms with Crippen LogP contribution in [-0.4, -0.2) is 23.6 Å². The van der Waals surface area contributed by atoms with Gasteiger partial charge in [-0.2, -0.15) is 0 Å². The van der Waals surface area contributed by atoms with Crippen LogP contribution in [0.5, 0.6) is 5.75 Å². The van der Waals surface area contributed by atoms with Gasteiger partial charge >= 0.3 is 0 Å². The van der Waals surface area contributed by atoms with Crippen molar-refractivity contribution in [2.45, 2.75) is 39.2 Å². The zero-order chi connectivity index (χ0) is 12.4. The molecule has 1 N–H and O–H groups in total. The van der Waals surface area contributed by atoms with Gasteiger partial charge in [0.15, 0.2) is 0 Å². The van der Waals surface area contributed by atoms with E-state index in [0.717, 1.165) is 18.9 Å². The van der Waals surface area contributed by atoms with E-state index in [4.69, 9.17) is 0 Å². The molecule has 94 valence electrons. The molecular weight excluding hydrogens is 210 g/mol. The summed E-state index contributed by atoms with van der Waals surface area (Å²) in [5, 5.41) is 9.48. The van der Waals surface area contributed by atoms with Crippen LogP contribution in [0.25, 0.3) is 0 Å². The Morgan fingerprint density at radius 2 is 2.18 bits per heavy atom. The van der Waals surface area contributed by atoms with Crippen LogP contribution in [0.1, 0.15) is 43.9 Å². The number of rotatable bonds is 4. The third kappa shape index (κ3) is 2.81. The summed E-state index contributed by atoms with van der Waals surface area (Å²) in [6.45, 7) is 5.70. The van der Waals surface area contributed by atoms with Crippen molar-refractivity contribution in [1.29, 1.82) is 0 Å². The van der Waals surface area contributed by atoms with Crippen LogP contribution < -0.4 is 0 Å². The van der Waals surface area contributed by atoms with Crippen LogP contribution in [-0.2, 0) is 6.42 Å². The molecule has 1 unspecified atom stereocenters. The molecule has 17 heavy (non-hydrogen) atoms. The Morgan fingerprint density at radius 3 is 2.88 bits per heavy atom. The summed E-state index contributed by atoms with van der Waals surface area (Å²) >= 11 is 0. The molecule has 0 amide bonds. The first kappa shape index (κ1) is 12.4. The number of aryl methyl sites for hydroxylation is 1. The molecule has 1 aliphatic carbocycles. The monoisotopic (exact) mass is 233 g/mol. The van der Waals surface area contributed by atoms with Gasteiger partial charge in [-0.25, -0.2) is 0 Å². The number of phenols is 1. The Morgan fingerprint density at radius 1 is 1.41 bits per heavy atom. The summed E-state index contributed by atoms with van der Waals surface area (Å²) in [5.41, 5.74) is 2.74. The summed E-state index contributed by atoms with van der Waals surface area (Å²) in [4.78, 5) is 2.46. The van der Waals surface area contributed by atoms with Crippen LogP contribution in [0.4, 0.5) is 0 Å². The predicted octanol–water partition coefficient (Wildman–Crippen LogP) is 3.36. The van der Waals surface area contributed by atoms with Crippen molar-refractivity contribution in [3.05, 3.63) is 29.3 Å². The summed E-state index contributed by atoms with van der Waals surface area (Å²) < 4.78 is 0. The first-order valence-electron chi connectivity index (χ1n) is 6.60. The van der Waals surface area contributed by atoms with Crippen molar-refractivity contribution in [1.82, 2.24) is 4.90 Å². The lowest BCUT2D eigenvalue weighted by molar-refractivity contribution is 0.231. The van der Waals surface area contributed by atoms with Gasteiger partial charge in [-0.3, -0.25) is 4.90 Å². The molecule has 0 heterocycles. The van der Waals surface area contributed by atoms with Crippen molar-refractivity contribution in [2.75, 3.05) is 13.6 Å². The van der Waals surface area contributed by atoms with Gasteiger partial charge in [-0.15, -0.1) is 0 Å². The van der Waals surface area contributed by atoms with Gasteiger partial charge in [0.25, 0.3) is 0 Å². The molecule has 1 atom stereocenters. The average molecular weight is 233 g/mol. The zero-order valence-corrected chi connectivity index (χ0v) is 11.1. The largest absolute Gasteiger partial charge is 0.508 e. The second kappa shape index (κ2) is 5.09. The number of hydrogen-bond acceptors (Lipinski definition) is 2. The summed E-state index contributed by atoms with van der Waals surface area (Å²) in [6.07, 6.45) is 3.54. The lowest BCUT2D eigenvalue weighted by atomic mass is 10.1. The fourth-order valence-corrected chi connectivity index (χ4v) is 2.66. The van der Waals surface area contributed by atoms with E-state index < -0.39 is 0 Å². The fraction of sp³-hybridized carbons (Fsp3) is 0.600. The first-order valence-corrected chi connectivity index (χ1v) is 6.60. The molecule has 0 bridgehead atoms. The highest BCUT2D eigenvalue weighted by atomic mass is 16.3. The predicted molar refractivity (Wildman–Crippen MR) is 71.3 cm³/mol. The van der Waals surface area contributed by atoms with E-state index in [-0.39, 0.29) is 0 Å².